The zero-order valence-electron chi connectivity index (χ0n) is 17.3. The van der Waals surface area contributed by atoms with Crippen LogP contribution >= 0.6 is 15.9 Å². The van der Waals surface area contributed by atoms with Gasteiger partial charge in [-0.05, 0) is 24.3 Å². The van der Waals surface area contributed by atoms with Crippen LogP contribution in [0.1, 0.15) is 0 Å². The van der Waals surface area contributed by atoms with E-state index in [2.05, 4.69) is 84.5 Å². The second kappa shape index (κ2) is 8.55. The summed E-state index contributed by atoms with van der Waals surface area (Å²) in [5.41, 5.74) is 3.13. The maximum Gasteiger partial charge on any atom is 0.159 e. The molecule has 156 valence electrons. The molecule has 6 heteroatoms. The largest absolute Gasteiger partial charge is 0.495 e. The van der Waals surface area contributed by atoms with Crippen molar-refractivity contribution in [2.75, 3.05) is 43.1 Å². The number of para-hydroxylation sites is 2. The van der Waals surface area contributed by atoms with Crippen molar-refractivity contribution in [1.29, 1.82) is 0 Å². The first kappa shape index (κ1) is 19.8. The van der Waals surface area contributed by atoms with Gasteiger partial charge in [0.2, 0.25) is 0 Å². The van der Waals surface area contributed by atoms with E-state index in [1.54, 1.807) is 7.11 Å². The summed E-state index contributed by atoms with van der Waals surface area (Å²) in [7, 11) is 1.73. The molecule has 31 heavy (non-hydrogen) atoms. The number of piperazine rings is 1. The Bertz CT molecular complexity index is 1200. The van der Waals surface area contributed by atoms with Crippen LogP contribution < -0.4 is 14.5 Å². The molecule has 0 amide bonds. The summed E-state index contributed by atoms with van der Waals surface area (Å²) in [4.78, 5) is 4.72. The number of nitrogens with zero attached hydrogens (tertiary/aromatic N) is 4. The molecule has 2 heterocycles. The molecular weight excluding hydrogens is 452 g/mol. The molecule has 1 aliphatic rings. The molecule has 0 N–H and O–H groups in total. The highest BCUT2D eigenvalue weighted by Gasteiger charge is 2.23. The van der Waals surface area contributed by atoms with E-state index in [9.17, 15) is 0 Å². The van der Waals surface area contributed by atoms with Gasteiger partial charge in [-0.3, -0.25) is 0 Å². The second-order valence-corrected chi connectivity index (χ2v) is 8.49. The summed E-state index contributed by atoms with van der Waals surface area (Å²) in [5.74, 6) is 1.87. The zero-order valence-corrected chi connectivity index (χ0v) is 18.9. The molecule has 3 aromatic carbocycles. The minimum Gasteiger partial charge on any atom is -0.495 e. The minimum absolute atomic E-state index is 0.883. The highest BCUT2D eigenvalue weighted by atomic mass is 79.9. The lowest BCUT2D eigenvalue weighted by molar-refractivity contribution is 0.413. The second-order valence-electron chi connectivity index (χ2n) is 7.57. The van der Waals surface area contributed by atoms with Crippen molar-refractivity contribution in [3.05, 3.63) is 77.3 Å². The van der Waals surface area contributed by atoms with Crippen LogP contribution in [0.15, 0.2) is 77.3 Å². The number of aromatic nitrogens is 2. The van der Waals surface area contributed by atoms with Gasteiger partial charge < -0.3 is 14.5 Å². The molecule has 0 unspecified atom stereocenters. The first-order valence-electron chi connectivity index (χ1n) is 10.4. The maximum atomic E-state index is 5.55. The van der Waals surface area contributed by atoms with Crippen molar-refractivity contribution in [2.24, 2.45) is 0 Å². The Hall–Kier alpha value is -3.12. The number of benzene rings is 3. The summed E-state index contributed by atoms with van der Waals surface area (Å²) < 4.78 is 6.60. The van der Waals surface area contributed by atoms with Crippen LogP contribution in [0.25, 0.3) is 22.0 Å². The summed E-state index contributed by atoms with van der Waals surface area (Å²) in [6, 6.07) is 24.9. The Kier molecular flexibility index (Phi) is 5.47. The summed E-state index contributed by atoms with van der Waals surface area (Å²) in [6.45, 7) is 3.58. The maximum absolute atomic E-state index is 5.55. The number of fused-ring (bicyclic) bond motifs is 1. The average Bonchev–Trinajstić information content (AvgIpc) is 2.84. The van der Waals surface area contributed by atoms with Crippen LogP contribution in [-0.2, 0) is 0 Å². The van der Waals surface area contributed by atoms with Gasteiger partial charge in [0.25, 0.3) is 0 Å². The number of hydrogen-bond acceptors (Lipinski definition) is 5. The van der Waals surface area contributed by atoms with E-state index < -0.39 is 0 Å². The Morgan fingerprint density at radius 2 is 1.39 bits per heavy atom. The highest BCUT2D eigenvalue weighted by Crippen LogP contribution is 2.33. The highest BCUT2D eigenvalue weighted by molar-refractivity contribution is 9.10. The molecule has 0 aliphatic carbocycles. The average molecular weight is 475 g/mol. The molecule has 0 bridgehead atoms. The number of hydrogen-bond donors (Lipinski definition) is 0. The van der Waals surface area contributed by atoms with Crippen molar-refractivity contribution in [2.45, 2.75) is 0 Å². The third-order valence-electron chi connectivity index (χ3n) is 5.79. The zero-order chi connectivity index (χ0) is 21.2. The van der Waals surface area contributed by atoms with E-state index in [-0.39, 0.29) is 0 Å². The molecule has 0 radical (unpaired) electrons. The van der Waals surface area contributed by atoms with E-state index in [4.69, 9.17) is 4.74 Å². The molecule has 0 spiro atoms. The number of methoxy groups -OCH3 is 1. The summed E-state index contributed by atoms with van der Waals surface area (Å²) >= 11 is 3.51. The molecule has 0 atom stereocenters. The number of rotatable bonds is 4. The Balaban J connectivity index is 1.44. The Morgan fingerprint density at radius 3 is 2.13 bits per heavy atom. The predicted molar refractivity (Wildman–Crippen MR) is 130 cm³/mol. The molecule has 0 saturated carbocycles. The lowest BCUT2D eigenvalue weighted by atomic mass is 10.0. The van der Waals surface area contributed by atoms with Gasteiger partial charge in [-0.2, -0.15) is 0 Å². The van der Waals surface area contributed by atoms with Gasteiger partial charge in [0, 0.05) is 47.0 Å². The number of ether oxygens (including phenoxy) is 1. The molecule has 1 saturated heterocycles. The van der Waals surface area contributed by atoms with Crippen LogP contribution in [0.5, 0.6) is 5.75 Å². The van der Waals surface area contributed by atoms with Crippen molar-refractivity contribution in [1.82, 2.24) is 10.2 Å². The van der Waals surface area contributed by atoms with Crippen molar-refractivity contribution in [3.8, 4) is 17.0 Å². The number of anilines is 2. The fraction of sp³-hybridized carbons (Fsp3) is 0.200. The van der Waals surface area contributed by atoms with Crippen molar-refractivity contribution in [3.63, 3.8) is 0 Å². The van der Waals surface area contributed by atoms with E-state index >= 15 is 0 Å². The predicted octanol–water partition coefficient (Wildman–Crippen LogP) is 5.39. The van der Waals surface area contributed by atoms with Gasteiger partial charge in [0.05, 0.1) is 12.8 Å². The molecule has 5 rings (SSSR count). The van der Waals surface area contributed by atoms with Crippen LogP contribution in [0, 0.1) is 0 Å². The van der Waals surface area contributed by atoms with Crippen LogP contribution in [-0.4, -0.2) is 43.5 Å². The molecule has 4 aromatic rings. The van der Waals surface area contributed by atoms with Crippen LogP contribution in [0.2, 0.25) is 0 Å². The van der Waals surface area contributed by atoms with E-state index in [0.29, 0.717) is 0 Å². The van der Waals surface area contributed by atoms with E-state index in [0.717, 1.165) is 69.9 Å². The van der Waals surface area contributed by atoms with Gasteiger partial charge in [0.15, 0.2) is 5.82 Å². The fourth-order valence-electron chi connectivity index (χ4n) is 4.19. The van der Waals surface area contributed by atoms with Gasteiger partial charge in [-0.1, -0.05) is 64.5 Å². The summed E-state index contributed by atoms with van der Waals surface area (Å²) in [6.07, 6.45) is 0. The first-order chi connectivity index (χ1) is 15.2. The standard InChI is InChI=1S/C25H23BrN4O/c1-31-23-9-5-4-8-22(23)29-14-16-30(17-15-29)25-21-7-3-2-6-20(21)24(27-28-25)18-10-12-19(26)13-11-18/h2-13H,14-17H2,1H3. The molecular formula is C25H23BrN4O. The smallest absolute Gasteiger partial charge is 0.159 e. The Morgan fingerprint density at radius 1 is 0.742 bits per heavy atom. The third-order valence-corrected chi connectivity index (χ3v) is 6.32. The topological polar surface area (TPSA) is 41.5 Å². The van der Waals surface area contributed by atoms with Crippen LogP contribution in [0.3, 0.4) is 0 Å². The lowest BCUT2D eigenvalue weighted by Crippen LogP contribution is -2.47. The SMILES string of the molecule is COc1ccccc1N1CCN(c2nnc(-c3ccc(Br)cc3)c3ccccc23)CC1. The molecule has 5 nitrogen and oxygen atoms in total. The molecule has 1 aromatic heterocycles. The molecule has 1 aliphatic heterocycles. The first-order valence-corrected chi connectivity index (χ1v) is 11.2. The monoisotopic (exact) mass is 474 g/mol. The fourth-order valence-corrected chi connectivity index (χ4v) is 4.46. The van der Waals surface area contributed by atoms with Crippen molar-refractivity contribution < 1.29 is 4.74 Å². The van der Waals surface area contributed by atoms with Crippen LogP contribution in [0.4, 0.5) is 11.5 Å². The van der Waals surface area contributed by atoms with Gasteiger partial charge >= 0.3 is 0 Å². The molecule has 1 fully saturated rings. The quantitative estimate of drug-likeness (QED) is 0.396. The third kappa shape index (κ3) is 3.83. The normalized spacial score (nSPS) is 14.1. The lowest BCUT2D eigenvalue weighted by Gasteiger charge is -2.37. The van der Waals surface area contributed by atoms with Gasteiger partial charge in [-0.15, -0.1) is 10.2 Å². The summed E-state index contributed by atoms with van der Waals surface area (Å²) in [5, 5.41) is 11.6. The minimum atomic E-state index is 0.883. The van der Waals surface area contributed by atoms with E-state index in [1.165, 1.54) is 0 Å². The van der Waals surface area contributed by atoms with E-state index in [1.807, 2.05) is 24.3 Å². The van der Waals surface area contributed by atoms with Gasteiger partial charge in [-0.25, -0.2) is 0 Å². The Labute approximate surface area is 190 Å². The van der Waals surface area contributed by atoms with Crippen molar-refractivity contribution >= 4 is 38.2 Å². The number of halogens is 1. The van der Waals surface area contributed by atoms with Gasteiger partial charge in [0.1, 0.15) is 11.4 Å².